The smallest absolute Gasteiger partial charge is 0.322 e. The highest BCUT2D eigenvalue weighted by atomic mass is 16.5. The highest BCUT2D eigenvalue weighted by Gasteiger charge is 2.75. The first-order valence-electron chi connectivity index (χ1n) is 13.7. The second-order valence-corrected chi connectivity index (χ2v) is 10.9. The number of ketones is 1. The van der Waals surface area contributed by atoms with E-state index in [9.17, 15) is 9.59 Å². The van der Waals surface area contributed by atoms with Crippen LogP contribution in [0.3, 0.4) is 0 Å². The summed E-state index contributed by atoms with van der Waals surface area (Å²) in [6, 6.07) is 20.7. The van der Waals surface area contributed by atoms with E-state index in [4.69, 9.17) is 14.5 Å². The number of benzene rings is 1. The van der Waals surface area contributed by atoms with Crippen molar-refractivity contribution in [3.8, 4) is 0 Å². The molecule has 4 unspecified atom stereocenters. The molecule has 0 amide bonds. The quantitative estimate of drug-likeness (QED) is 0.255. The Balaban J connectivity index is 1.58. The summed E-state index contributed by atoms with van der Waals surface area (Å²) in [5, 5.41) is 0.996. The van der Waals surface area contributed by atoms with E-state index in [2.05, 4.69) is 9.97 Å². The summed E-state index contributed by atoms with van der Waals surface area (Å²) in [6.07, 6.45) is 3.24. The molecule has 10 heteroatoms. The molecule has 2 saturated heterocycles. The molecule has 2 aliphatic heterocycles. The van der Waals surface area contributed by atoms with Crippen molar-refractivity contribution >= 4 is 28.6 Å². The maximum absolute atomic E-state index is 15.0. The van der Waals surface area contributed by atoms with Gasteiger partial charge in [-0.15, -0.1) is 0 Å². The summed E-state index contributed by atoms with van der Waals surface area (Å²) in [7, 11) is 4.31. The molecule has 6 rings (SSSR count). The van der Waals surface area contributed by atoms with Crippen LogP contribution in [-0.4, -0.2) is 76.8 Å². The number of esters is 2. The molecule has 0 saturated carbocycles. The highest BCUT2D eigenvalue weighted by molar-refractivity contribution is 6.17. The molecule has 2 aliphatic rings. The van der Waals surface area contributed by atoms with Gasteiger partial charge in [0.25, 0.3) is 0 Å². The number of para-hydroxylation sites is 1. The van der Waals surface area contributed by atoms with Crippen molar-refractivity contribution in [1.29, 1.82) is 0 Å². The lowest BCUT2D eigenvalue weighted by molar-refractivity contribution is -0.204. The van der Waals surface area contributed by atoms with Crippen LogP contribution in [0, 0.1) is 10.8 Å². The van der Waals surface area contributed by atoms with E-state index in [0.717, 1.165) is 16.6 Å². The van der Waals surface area contributed by atoms with E-state index < -0.39 is 40.6 Å². The Morgan fingerprint density at radius 1 is 0.810 bits per heavy atom. The fraction of sp³-hybridized carbons (Fsp3) is 0.312. The molecule has 4 atom stereocenters. The van der Waals surface area contributed by atoms with Crippen LogP contribution < -0.4 is 0 Å². The summed E-state index contributed by atoms with van der Waals surface area (Å²) >= 11 is 0. The topological polar surface area (TPSA) is 115 Å². The maximum Gasteiger partial charge on any atom is 0.322 e. The maximum atomic E-state index is 15.0. The molecule has 1 aromatic carbocycles. The number of ether oxygens (including phenoxy) is 2. The lowest BCUT2D eigenvalue weighted by atomic mass is 9.54. The van der Waals surface area contributed by atoms with Crippen LogP contribution in [0.15, 0.2) is 85.2 Å². The second-order valence-electron chi connectivity index (χ2n) is 10.9. The van der Waals surface area contributed by atoms with Gasteiger partial charge in [-0.1, -0.05) is 36.4 Å². The fourth-order valence-electron chi connectivity index (χ4n) is 7.01. The largest absolute Gasteiger partial charge is 0.468 e. The highest BCUT2D eigenvalue weighted by Crippen LogP contribution is 2.60. The van der Waals surface area contributed by atoms with Gasteiger partial charge < -0.3 is 9.47 Å². The number of carbonyl (C=O) groups excluding carboxylic acids is 3. The average Bonchev–Trinajstić information content (AvgIpc) is 3.02. The zero-order valence-corrected chi connectivity index (χ0v) is 23.6. The lowest BCUT2D eigenvalue weighted by Crippen LogP contribution is -2.75. The first-order valence-corrected chi connectivity index (χ1v) is 13.7. The predicted molar refractivity (Wildman–Crippen MR) is 153 cm³/mol. The standard InChI is InChI=1S/C32H31N5O5/c1-36-26(24-12-6-8-16-33-24)31(29(39)41-2)19-37(18-22-15-14-21-10-4-5-11-23(21)35-22)20-32(28(31)38,30(40)42-3)27(36)25-13-7-9-17-34-25/h4-17,26-27H,18-20H2,1-3H3. The van der Waals surface area contributed by atoms with Crippen molar-refractivity contribution in [2.24, 2.45) is 10.8 Å². The number of aromatic nitrogens is 3. The van der Waals surface area contributed by atoms with Crippen LogP contribution in [0.4, 0.5) is 0 Å². The van der Waals surface area contributed by atoms with Crippen molar-refractivity contribution in [1.82, 2.24) is 24.8 Å². The van der Waals surface area contributed by atoms with Gasteiger partial charge >= 0.3 is 11.9 Å². The number of rotatable bonds is 6. The first kappa shape index (κ1) is 27.6. The number of pyridine rings is 3. The van der Waals surface area contributed by atoms with Gasteiger partial charge in [0.05, 0.1) is 48.9 Å². The Morgan fingerprint density at radius 3 is 1.88 bits per heavy atom. The van der Waals surface area contributed by atoms with Gasteiger partial charge in [0, 0.05) is 37.4 Å². The summed E-state index contributed by atoms with van der Waals surface area (Å²) in [5.41, 5.74) is -1.03. The van der Waals surface area contributed by atoms with E-state index in [1.54, 1.807) is 43.7 Å². The normalized spacial score (nSPS) is 26.1. The van der Waals surface area contributed by atoms with Crippen LogP contribution in [0.25, 0.3) is 10.9 Å². The Kier molecular flexibility index (Phi) is 7.04. The van der Waals surface area contributed by atoms with Crippen molar-refractivity contribution in [2.45, 2.75) is 18.6 Å². The van der Waals surface area contributed by atoms with Crippen LogP contribution in [0.1, 0.15) is 29.2 Å². The number of carbonyl (C=O) groups is 3. The molecule has 2 bridgehead atoms. The molecule has 0 aliphatic carbocycles. The van der Waals surface area contributed by atoms with Crippen molar-refractivity contribution in [3.05, 3.63) is 102 Å². The van der Waals surface area contributed by atoms with Crippen LogP contribution in [0.5, 0.6) is 0 Å². The molecule has 0 radical (unpaired) electrons. The lowest BCUT2D eigenvalue weighted by Gasteiger charge is -2.60. The van der Waals surface area contributed by atoms with Crippen molar-refractivity contribution in [2.75, 3.05) is 34.4 Å². The van der Waals surface area contributed by atoms with E-state index in [1.807, 2.05) is 58.3 Å². The summed E-state index contributed by atoms with van der Waals surface area (Å²) in [6.45, 7) is 0.266. The van der Waals surface area contributed by atoms with Gasteiger partial charge in [-0.25, -0.2) is 0 Å². The van der Waals surface area contributed by atoms with E-state index in [0.29, 0.717) is 11.4 Å². The van der Waals surface area contributed by atoms with Crippen LogP contribution in [-0.2, 0) is 30.4 Å². The Morgan fingerprint density at radius 2 is 1.36 bits per heavy atom. The van der Waals surface area contributed by atoms with Gasteiger partial charge in [-0.2, -0.15) is 0 Å². The fourth-order valence-corrected chi connectivity index (χ4v) is 7.01. The molecule has 0 N–H and O–H groups in total. The van der Waals surface area contributed by atoms with Gasteiger partial charge in [-0.05, 0) is 43.4 Å². The van der Waals surface area contributed by atoms with Gasteiger partial charge in [0.1, 0.15) is 0 Å². The monoisotopic (exact) mass is 565 g/mol. The molecule has 4 aromatic rings. The molecule has 42 heavy (non-hydrogen) atoms. The van der Waals surface area contributed by atoms with E-state index >= 15 is 4.79 Å². The minimum Gasteiger partial charge on any atom is -0.468 e. The number of piperidine rings is 2. The van der Waals surface area contributed by atoms with Gasteiger partial charge in [0.2, 0.25) is 0 Å². The minimum absolute atomic E-state index is 0.00766. The number of hydrogen-bond acceptors (Lipinski definition) is 10. The summed E-state index contributed by atoms with van der Waals surface area (Å²) < 4.78 is 10.7. The number of likely N-dealkylation sites (tertiary alicyclic amines) is 2. The first-order chi connectivity index (χ1) is 20.4. The van der Waals surface area contributed by atoms with E-state index in [1.165, 1.54) is 14.2 Å². The van der Waals surface area contributed by atoms with Crippen molar-refractivity contribution < 1.29 is 23.9 Å². The Hall–Kier alpha value is -4.54. The molecule has 5 heterocycles. The zero-order valence-electron chi connectivity index (χ0n) is 23.6. The molecule has 3 aromatic heterocycles. The van der Waals surface area contributed by atoms with Gasteiger partial charge in [-0.3, -0.25) is 39.1 Å². The SMILES string of the molecule is COC(=O)C12CN(Cc3ccc4ccccc4n3)CC(C(=O)OC)(C1=O)C(c1ccccn1)N(C)C2c1ccccn1. The van der Waals surface area contributed by atoms with E-state index in [-0.39, 0.29) is 19.6 Å². The third-order valence-electron chi connectivity index (χ3n) is 8.58. The average molecular weight is 566 g/mol. The van der Waals surface area contributed by atoms with Crippen LogP contribution >= 0.6 is 0 Å². The number of methoxy groups -OCH3 is 2. The predicted octanol–water partition coefficient (Wildman–Crippen LogP) is 3.16. The van der Waals surface area contributed by atoms with Gasteiger partial charge in [0.15, 0.2) is 16.6 Å². The molecule has 214 valence electrons. The number of nitrogens with zero attached hydrogens (tertiary/aromatic N) is 5. The number of Topliss-reactive ketones (excluding diaryl/α,β-unsaturated/α-hetero) is 1. The molecule has 10 nitrogen and oxygen atoms in total. The zero-order chi connectivity index (χ0) is 29.5. The summed E-state index contributed by atoms with van der Waals surface area (Å²) in [4.78, 5) is 60.8. The number of hydrogen-bond donors (Lipinski definition) is 0. The van der Waals surface area contributed by atoms with Crippen LogP contribution in [0.2, 0.25) is 0 Å². The Labute approximate surface area is 243 Å². The second kappa shape index (κ2) is 10.7. The minimum atomic E-state index is -1.80. The number of fused-ring (bicyclic) bond motifs is 3. The molecule has 0 spiro atoms. The molecular formula is C32H31N5O5. The molecular weight excluding hydrogens is 534 g/mol. The third-order valence-corrected chi connectivity index (χ3v) is 8.58. The Bertz CT molecular complexity index is 1570. The third kappa shape index (κ3) is 4.09. The molecule has 2 fully saturated rings. The van der Waals surface area contributed by atoms with Crippen molar-refractivity contribution in [3.63, 3.8) is 0 Å². The summed E-state index contributed by atoms with van der Waals surface area (Å²) in [5.74, 6) is -2.03.